The standard InChI is InChI=1S/C10H9F3O4/c1-4-6(11)2-5(8(14)9(15)16)3-7(4)17-10(12)13/h2-3,8,10,14H,1H3,(H,15,16). The van der Waals surface area contributed by atoms with Crippen LogP contribution >= 0.6 is 0 Å². The van der Waals surface area contributed by atoms with E-state index in [9.17, 15) is 18.0 Å². The highest BCUT2D eigenvalue weighted by atomic mass is 19.3. The van der Waals surface area contributed by atoms with Gasteiger partial charge in [0, 0.05) is 5.56 Å². The number of ether oxygens (including phenoxy) is 1. The second-order valence-electron chi connectivity index (χ2n) is 3.25. The summed E-state index contributed by atoms with van der Waals surface area (Å²) in [5.74, 6) is -3.05. The Hall–Kier alpha value is -1.76. The van der Waals surface area contributed by atoms with Crippen LogP contribution in [0.4, 0.5) is 13.2 Å². The lowest BCUT2D eigenvalue weighted by Crippen LogP contribution is -2.12. The first-order valence-corrected chi connectivity index (χ1v) is 4.48. The Morgan fingerprint density at radius 3 is 2.47 bits per heavy atom. The van der Waals surface area contributed by atoms with Gasteiger partial charge in [-0.1, -0.05) is 0 Å². The molecule has 0 amide bonds. The molecule has 7 heteroatoms. The predicted molar refractivity (Wildman–Crippen MR) is 50.4 cm³/mol. The predicted octanol–water partition coefficient (Wildman–Crippen LogP) is 1.85. The largest absolute Gasteiger partial charge is 0.479 e. The van der Waals surface area contributed by atoms with E-state index in [0.717, 1.165) is 12.1 Å². The smallest absolute Gasteiger partial charge is 0.387 e. The highest BCUT2D eigenvalue weighted by Gasteiger charge is 2.20. The molecule has 0 bridgehead atoms. The Kier molecular flexibility index (Phi) is 3.95. The number of aliphatic hydroxyl groups excluding tert-OH is 1. The fraction of sp³-hybridized carbons (Fsp3) is 0.300. The van der Waals surface area contributed by atoms with E-state index in [2.05, 4.69) is 4.74 Å². The molecule has 17 heavy (non-hydrogen) atoms. The van der Waals surface area contributed by atoms with Crippen molar-refractivity contribution in [2.75, 3.05) is 0 Å². The Bertz CT molecular complexity index is 434. The summed E-state index contributed by atoms with van der Waals surface area (Å²) < 4.78 is 41.3. The van der Waals surface area contributed by atoms with Crippen LogP contribution in [0.3, 0.4) is 0 Å². The minimum absolute atomic E-state index is 0.188. The third-order valence-electron chi connectivity index (χ3n) is 2.08. The van der Waals surface area contributed by atoms with Gasteiger partial charge in [-0.25, -0.2) is 9.18 Å². The van der Waals surface area contributed by atoms with Crippen molar-refractivity contribution in [3.05, 3.63) is 29.1 Å². The maximum absolute atomic E-state index is 13.3. The van der Waals surface area contributed by atoms with Gasteiger partial charge in [0.2, 0.25) is 0 Å². The van der Waals surface area contributed by atoms with Gasteiger partial charge in [-0.05, 0) is 24.6 Å². The SMILES string of the molecule is Cc1c(F)cc(C(O)C(=O)O)cc1OC(F)F. The van der Waals surface area contributed by atoms with Crippen LogP contribution in [0.1, 0.15) is 17.2 Å². The molecule has 0 fully saturated rings. The summed E-state index contributed by atoms with van der Waals surface area (Å²) in [6.45, 7) is -1.96. The first-order valence-electron chi connectivity index (χ1n) is 4.48. The summed E-state index contributed by atoms with van der Waals surface area (Å²) in [5.41, 5.74) is -0.553. The molecule has 0 aliphatic carbocycles. The zero-order valence-corrected chi connectivity index (χ0v) is 8.65. The minimum Gasteiger partial charge on any atom is -0.479 e. The highest BCUT2D eigenvalue weighted by molar-refractivity contribution is 5.74. The van der Waals surface area contributed by atoms with E-state index in [-0.39, 0.29) is 11.1 Å². The number of carboxylic acid groups (broad SMARTS) is 1. The molecule has 0 aromatic heterocycles. The van der Waals surface area contributed by atoms with Crippen molar-refractivity contribution >= 4 is 5.97 Å². The molecule has 1 unspecified atom stereocenters. The fourth-order valence-electron chi connectivity index (χ4n) is 1.19. The lowest BCUT2D eigenvalue weighted by molar-refractivity contribution is -0.146. The Balaban J connectivity index is 3.18. The molecule has 0 heterocycles. The van der Waals surface area contributed by atoms with Gasteiger partial charge in [0.1, 0.15) is 11.6 Å². The molecule has 0 saturated heterocycles. The van der Waals surface area contributed by atoms with E-state index in [1.807, 2.05) is 0 Å². The maximum atomic E-state index is 13.3. The van der Waals surface area contributed by atoms with Crippen molar-refractivity contribution in [2.45, 2.75) is 19.6 Å². The fourth-order valence-corrected chi connectivity index (χ4v) is 1.19. The highest BCUT2D eigenvalue weighted by Crippen LogP contribution is 2.27. The second-order valence-corrected chi connectivity index (χ2v) is 3.25. The monoisotopic (exact) mass is 250 g/mol. The molecule has 1 rings (SSSR count). The molecule has 0 aliphatic rings. The molecule has 4 nitrogen and oxygen atoms in total. The van der Waals surface area contributed by atoms with Gasteiger partial charge in [-0.2, -0.15) is 8.78 Å². The van der Waals surface area contributed by atoms with Crippen molar-refractivity contribution in [3.63, 3.8) is 0 Å². The van der Waals surface area contributed by atoms with E-state index in [1.165, 1.54) is 6.92 Å². The topological polar surface area (TPSA) is 66.8 Å². The van der Waals surface area contributed by atoms with Gasteiger partial charge in [0.05, 0.1) is 0 Å². The van der Waals surface area contributed by atoms with Crippen LogP contribution in [0.25, 0.3) is 0 Å². The van der Waals surface area contributed by atoms with E-state index < -0.39 is 30.3 Å². The van der Waals surface area contributed by atoms with Gasteiger partial charge in [-0.15, -0.1) is 0 Å². The van der Waals surface area contributed by atoms with Gasteiger partial charge in [0.25, 0.3) is 0 Å². The summed E-state index contributed by atoms with van der Waals surface area (Å²) in [6, 6.07) is 1.62. The number of benzene rings is 1. The van der Waals surface area contributed by atoms with Crippen LogP contribution in [-0.4, -0.2) is 22.8 Å². The van der Waals surface area contributed by atoms with Gasteiger partial charge in [-0.3, -0.25) is 0 Å². The maximum Gasteiger partial charge on any atom is 0.387 e. The van der Waals surface area contributed by atoms with Gasteiger partial charge in [0.15, 0.2) is 6.10 Å². The Morgan fingerprint density at radius 2 is 2.00 bits per heavy atom. The molecule has 2 N–H and O–H groups in total. The zero-order chi connectivity index (χ0) is 13.2. The molecule has 0 radical (unpaired) electrons. The van der Waals surface area contributed by atoms with Crippen LogP contribution in [0.2, 0.25) is 0 Å². The summed E-state index contributed by atoms with van der Waals surface area (Å²) in [6.07, 6.45) is -2.00. The van der Waals surface area contributed by atoms with Crippen molar-refractivity contribution < 1.29 is 32.9 Å². The molecular formula is C10H9F3O4. The van der Waals surface area contributed by atoms with Crippen molar-refractivity contribution in [1.82, 2.24) is 0 Å². The zero-order valence-electron chi connectivity index (χ0n) is 8.65. The molecule has 1 aromatic carbocycles. The van der Waals surface area contributed by atoms with Crippen molar-refractivity contribution in [3.8, 4) is 5.75 Å². The number of halogens is 3. The summed E-state index contributed by atoms with van der Waals surface area (Å²) in [5, 5.41) is 17.7. The van der Waals surface area contributed by atoms with E-state index in [1.54, 1.807) is 0 Å². The quantitative estimate of drug-likeness (QED) is 0.855. The lowest BCUT2D eigenvalue weighted by Gasteiger charge is -2.12. The molecule has 94 valence electrons. The summed E-state index contributed by atoms with van der Waals surface area (Å²) in [4.78, 5) is 10.5. The number of carboxylic acids is 1. The van der Waals surface area contributed by atoms with Crippen LogP contribution in [0.5, 0.6) is 5.75 Å². The number of rotatable bonds is 4. The summed E-state index contributed by atoms with van der Waals surface area (Å²) in [7, 11) is 0. The summed E-state index contributed by atoms with van der Waals surface area (Å²) >= 11 is 0. The van der Waals surface area contributed by atoms with Crippen LogP contribution < -0.4 is 4.74 Å². The number of aliphatic hydroxyl groups is 1. The van der Waals surface area contributed by atoms with Crippen molar-refractivity contribution in [1.29, 1.82) is 0 Å². The average molecular weight is 250 g/mol. The molecule has 1 aromatic rings. The first kappa shape index (κ1) is 13.3. The van der Waals surface area contributed by atoms with E-state index >= 15 is 0 Å². The molecule has 0 saturated carbocycles. The van der Waals surface area contributed by atoms with E-state index in [4.69, 9.17) is 10.2 Å². The Labute approximate surface area is 94.3 Å². The number of alkyl halides is 2. The van der Waals surface area contributed by atoms with Crippen molar-refractivity contribution in [2.24, 2.45) is 0 Å². The third-order valence-corrected chi connectivity index (χ3v) is 2.08. The van der Waals surface area contributed by atoms with Gasteiger partial charge < -0.3 is 14.9 Å². The third kappa shape index (κ3) is 3.10. The second kappa shape index (κ2) is 5.05. The first-order chi connectivity index (χ1) is 7.82. The lowest BCUT2D eigenvalue weighted by atomic mass is 10.1. The number of hydrogen-bond acceptors (Lipinski definition) is 3. The normalized spacial score (nSPS) is 12.6. The van der Waals surface area contributed by atoms with Gasteiger partial charge >= 0.3 is 12.6 Å². The number of carbonyl (C=O) groups is 1. The van der Waals surface area contributed by atoms with Crippen LogP contribution in [-0.2, 0) is 4.79 Å². The van der Waals surface area contributed by atoms with E-state index in [0.29, 0.717) is 0 Å². The minimum atomic E-state index is -3.16. The van der Waals surface area contributed by atoms with Crippen LogP contribution in [0.15, 0.2) is 12.1 Å². The molecule has 0 aliphatic heterocycles. The molecule has 1 atom stereocenters. The Morgan fingerprint density at radius 1 is 1.41 bits per heavy atom. The molecular weight excluding hydrogens is 241 g/mol. The average Bonchev–Trinajstić information content (AvgIpc) is 2.22. The number of aliphatic carboxylic acids is 1. The number of hydrogen-bond donors (Lipinski definition) is 2. The molecule has 0 spiro atoms. The van der Waals surface area contributed by atoms with Crippen LogP contribution in [0, 0.1) is 12.7 Å².